The number of carbonyl (C=O) groups excluding carboxylic acids is 2. The third-order valence-electron chi connectivity index (χ3n) is 3.74. The van der Waals surface area contributed by atoms with Crippen LogP contribution in [-0.4, -0.2) is 24.6 Å². The molecule has 0 atom stereocenters. The van der Waals surface area contributed by atoms with Crippen LogP contribution < -0.4 is 0 Å². The Morgan fingerprint density at radius 1 is 0.920 bits per heavy atom. The van der Waals surface area contributed by atoms with E-state index in [1.807, 2.05) is 26.0 Å². The van der Waals surface area contributed by atoms with Crippen molar-refractivity contribution in [3.63, 3.8) is 0 Å². The van der Waals surface area contributed by atoms with Crippen LogP contribution in [0.4, 0.5) is 0 Å². The number of carbonyl (C=O) groups is 2. The molecule has 0 unspecified atom stereocenters. The van der Waals surface area contributed by atoms with E-state index >= 15 is 0 Å². The maximum absolute atomic E-state index is 12.2. The van der Waals surface area contributed by atoms with Gasteiger partial charge in [0.05, 0.1) is 23.8 Å². The molecule has 0 aliphatic rings. The number of esters is 2. The number of rotatable bonds is 5. The van der Waals surface area contributed by atoms with Crippen LogP contribution in [-0.2, 0) is 9.47 Å². The quantitative estimate of drug-likeness (QED) is 0.718. The summed E-state index contributed by atoms with van der Waals surface area (Å²) in [7, 11) is 0. The zero-order valence-corrected chi connectivity index (χ0v) is 15.6. The molecule has 0 aromatic heterocycles. The van der Waals surface area contributed by atoms with Gasteiger partial charge < -0.3 is 9.47 Å². The van der Waals surface area contributed by atoms with E-state index in [9.17, 15) is 9.59 Å². The van der Waals surface area contributed by atoms with Crippen LogP contribution in [0.25, 0.3) is 10.8 Å². The lowest BCUT2D eigenvalue weighted by Crippen LogP contribution is -2.13. The van der Waals surface area contributed by atoms with Crippen molar-refractivity contribution in [1.82, 2.24) is 0 Å². The van der Waals surface area contributed by atoms with Crippen molar-refractivity contribution in [3.05, 3.63) is 47.5 Å². The molecular weight excluding hydrogens is 316 g/mol. The molecular formula is C21H26O4. The second-order valence-corrected chi connectivity index (χ2v) is 7.68. The highest BCUT2D eigenvalue weighted by molar-refractivity contribution is 5.99. The molecule has 0 radical (unpaired) electrons. The third-order valence-corrected chi connectivity index (χ3v) is 3.74. The van der Waals surface area contributed by atoms with Crippen molar-refractivity contribution in [2.24, 2.45) is 5.41 Å². The van der Waals surface area contributed by atoms with Crippen molar-refractivity contribution >= 4 is 22.7 Å². The molecule has 0 saturated carbocycles. The number of ether oxygens (including phenoxy) is 2. The normalized spacial score (nSPS) is 11.6. The summed E-state index contributed by atoms with van der Waals surface area (Å²) in [6.07, 6.45) is 0.654. The van der Waals surface area contributed by atoms with Gasteiger partial charge in [0.2, 0.25) is 0 Å². The molecule has 134 valence electrons. The molecule has 2 aromatic rings. The van der Waals surface area contributed by atoms with Crippen molar-refractivity contribution in [3.8, 4) is 0 Å². The predicted molar refractivity (Wildman–Crippen MR) is 98.9 cm³/mol. The Hall–Kier alpha value is -2.36. The first-order valence-corrected chi connectivity index (χ1v) is 8.58. The third kappa shape index (κ3) is 5.59. The van der Waals surface area contributed by atoms with Crippen molar-refractivity contribution in [1.29, 1.82) is 0 Å². The summed E-state index contributed by atoms with van der Waals surface area (Å²) in [5, 5.41) is 1.76. The molecule has 2 aromatic carbocycles. The summed E-state index contributed by atoms with van der Waals surface area (Å²) < 4.78 is 10.6. The highest BCUT2D eigenvalue weighted by Gasteiger charge is 2.14. The highest BCUT2D eigenvalue weighted by Crippen LogP contribution is 2.21. The molecule has 0 N–H and O–H groups in total. The predicted octanol–water partition coefficient (Wildman–Crippen LogP) is 5.00. The van der Waals surface area contributed by atoms with Gasteiger partial charge in [-0.15, -0.1) is 0 Å². The Kier molecular flexibility index (Phi) is 5.83. The largest absolute Gasteiger partial charge is 0.462 e. The lowest BCUT2D eigenvalue weighted by molar-refractivity contribution is 0.0376. The molecule has 0 bridgehead atoms. The van der Waals surface area contributed by atoms with E-state index in [-0.39, 0.29) is 23.5 Å². The zero-order valence-electron chi connectivity index (χ0n) is 15.6. The number of fused-ring (bicyclic) bond motifs is 1. The summed E-state index contributed by atoms with van der Waals surface area (Å²) in [6, 6.07) is 10.6. The summed E-state index contributed by atoms with van der Waals surface area (Å²) in [6.45, 7) is 10.4. The van der Waals surface area contributed by atoms with Gasteiger partial charge in [0, 0.05) is 0 Å². The molecule has 0 aliphatic heterocycles. The van der Waals surface area contributed by atoms with E-state index in [2.05, 4.69) is 20.8 Å². The van der Waals surface area contributed by atoms with Gasteiger partial charge in [0.15, 0.2) is 0 Å². The second-order valence-electron chi connectivity index (χ2n) is 7.68. The molecule has 0 aliphatic carbocycles. The molecule has 0 fully saturated rings. The van der Waals surface area contributed by atoms with Crippen molar-refractivity contribution < 1.29 is 19.1 Å². The van der Waals surface area contributed by atoms with E-state index < -0.39 is 0 Å². The molecule has 25 heavy (non-hydrogen) atoms. The monoisotopic (exact) mass is 342 g/mol. The molecule has 0 amide bonds. The van der Waals surface area contributed by atoms with Gasteiger partial charge in [-0.3, -0.25) is 0 Å². The van der Waals surface area contributed by atoms with Crippen LogP contribution >= 0.6 is 0 Å². The fourth-order valence-corrected chi connectivity index (χ4v) is 2.32. The van der Waals surface area contributed by atoms with Crippen LogP contribution in [0, 0.1) is 5.41 Å². The van der Waals surface area contributed by atoms with Crippen molar-refractivity contribution in [2.75, 3.05) is 6.61 Å². The minimum Gasteiger partial charge on any atom is -0.462 e. The van der Waals surface area contributed by atoms with Crippen LogP contribution in [0.1, 0.15) is 61.8 Å². The molecule has 0 spiro atoms. The Balaban J connectivity index is 2.12. The number of hydrogen-bond acceptors (Lipinski definition) is 4. The van der Waals surface area contributed by atoms with E-state index in [1.165, 1.54) is 0 Å². The lowest BCUT2D eigenvalue weighted by Gasteiger charge is -2.17. The topological polar surface area (TPSA) is 52.6 Å². The molecule has 0 heterocycles. The van der Waals surface area contributed by atoms with E-state index in [1.54, 1.807) is 24.3 Å². The summed E-state index contributed by atoms with van der Waals surface area (Å²) in [5.41, 5.74) is 1.14. The molecule has 4 nitrogen and oxygen atoms in total. The summed E-state index contributed by atoms with van der Waals surface area (Å²) >= 11 is 0. The van der Waals surface area contributed by atoms with Gasteiger partial charge >= 0.3 is 11.9 Å². The Morgan fingerprint density at radius 2 is 1.44 bits per heavy atom. The van der Waals surface area contributed by atoms with Crippen LogP contribution in [0.15, 0.2) is 36.4 Å². The fraction of sp³-hybridized carbons (Fsp3) is 0.429. The smallest absolute Gasteiger partial charge is 0.338 e. The average Bonchev–Trinajstić information content (AvgIpc) is 2.51. The first-order valence-electron chi connectivity index (χ1n) is 8.58. The number of hydrogen-bond donors (Lipinski definition) is 0. The minimum atomic E-state index is -0.345. The van der Waals surface area contributed by atoms with Gasteiger partial charge in [0.25, 0.3) is 0 Å². The molecule has 2 rings (SSSR count). The van der Waals surface area contributed by atoms with Crippen LogP contribution in [0.2, 0.25) is 0 Å². The van der Waals surface area contributed by atoms with Crippen molar-refractivity contribution in [2.45, 2.75) is 47.1 Å². The molecule has 4 heteroatoms. The summed E-state index contributed by atoms with van der Waals surface area (Å²) in [5.74, 6) is -0.669. The number of benzene rings is 2. The maximum Gasteiger partial charge on any atom is 0.338 e. The van der Waals surface area contributed by atoms with E-state index in [4.69, 9.17) is 9.47 Å². The first kappa shape index (κ1) is 19.0. The van der Waals surface area contributed by atoms with E-state index in [0.29, 0.717) is 17.7 Å². The average molecular weight is 342 g/mol. The minimum absolute atomic E-state index is 0.130. The SMILES string of the molecule is CC(C)OC(=O)c1ccc2cc(C(=O)OCCC(C)(C)C)ccc2c1. The fourth-order valence-electron chi connectivity index (χ4n) is 2.32. The standard InChI is InChI=1S/C21H26O4/c1-14(2)25-20(23)18-9-7-15-12-17(8-6-16(15)13-18)19(22)24-11-10-21(3,4)5/h6-9,12-14H,10-11H2,1-5H3. The Labute approximate surface area is 149 Å². The summed E-state index contributed by atoms with van der Waals surface area (Å²) in [4.78, 5) is 24.2. The van der Waals surface area contributed by atoms with Gasteiger partial charge in [-0.2, -0.15) is 0 Å². The Bertz CT molecular complexity index is 769. The van der Waals surface area contributed by atoms with Gasteiger partial charge in [-0.25, -0.2) is 9.59 Å². The van der Waals surface area contributed by atoms with Gasteiger partial charge in [0.1, 0.15) is 0 Å². The second kappa shape index (κ2) is 7.68. The molecule has 0 saturated heterocycles. The van der Waals surface area contributed by atoms with E-state index in [0.717, 1.165) is 17.2 Å². The van der Waals surface area contributed by atoms with Crippen LogP contribution in [0.5, 0.6) is 0 Å². The van der Waals surface area contributed by atoms with Gasteiger partial charge in [-0.1, -0.05) is 32.9 Å². The Morgan fingerprint density at radius 3 is 1.92 bits per heavy atom. The van der Waals surface area contributed by atoms with Gasteiger partial charge in [-0.05, 0) is 60.7 Å². The zero-order chi connectivity index (χ0) is 18.6. The highest BCUT2D eigenvalue weighted by atomic mass is 16.5. The van der Waals surface area contributed by atoms with Crippen LogP contribution in [0.3, 0.4) is 0 Å². The lowest BCUT2D eigenvalue weighted by atomic mass is 9.93. The maximum atomic E-state index is 12.2. The first-order chi connectivity index (χ1) is 11.7.